The van der Waals surface area contributed by atoms with Crippen LogP contribution in [0.3, 0.4) is 0 Å². The fourth-order valence-electron chi connectivity index (χ4n) is 2.64. The average Bonchev–Trinajstić information content (AvgIpc) is 2.48. The first-order valence-corrected chi connectivity index (χ1v) is 7.93. The van der Waals surface area contributed by atoms with E-state index in [4.69, 9.17) is 9.72 Å². The fourth-order valence-corrected chi connectivity index (χ4v) is 3.08. The van der Waals surface area contributed by atoms with Crippen LogP contribution >= 0.6 is 15.9 Å². The zero-order chi connectivity index (χ0) is 14.1. The molecule has 1 N–H and O–H groups in total. The van der Waals surface area contributed by atoms with Gasteiger partial charge in [0.05, 0.1) is 30.1 Å². The number of aromatic nitrogens is 1. The Morgan fingerprint density at radius 2 is 2.25 bits per heavy atom. The Labute approximate surface area is 127 Å². The van der Waals surface area contributed by atoms with Gasteiger partial charge in [-0.3, -0.25) is 4.98 Å². The third kappa shape index (κ3) is 2.31. The number of fused-ring (bicyclic) bond motifs is 2. The number of rotatable bonds is 3. The third-order valence-corrected chi connectivity index (χ3v) is 4.76. The first-order valence-electron chi connectivity index (χ1n) is 7.14. The van der Waals surface area contributed by atoms with Crippen molar-refractivity contribution >= 4 is 32.5 Å². The van der Waals surface area contributed by atoms with Gasteiger partial charge >= 0.3 is 0 Å². The predicted molar refractivity (Wildman–Crippen MR) is 86.3 cm³/mol. The number of hydrogen-bond donors (Lipinski definition) is 1. The smallest absolute Gasteiger partial charge is 0.0870 e. The molecule has 0 atom stereocenters. The van der Waals surface area contributed by atoms with Crippen LogP contribution in [0.5, 0.6) is 0 Å². The number of nitrogens with zero attached hydrogens (tertiary/aromatic N) is 1. The summed E-state index contributed by atoms with van der Waals surface area (Å²) in [6, 6.07) is 4.30. The highest BCUT2D eigenvalue weighted by atomic mass is 79.9. The molecule has 0 fully saturated rings. The minimum atomic E-state index is 0.663. The standard InChI is InChI=1S/C16H19BrN2O/c1-3-7-18-15-11-5-4-10(2)14(17)16(11)19-13-6-8-20-9-12(13)15/h4-5H,3,6-9H2,1-2H3,(H,18,19). The highest BCUT2D eigenvalue weighted by Crippen LogP contribution is 2.35. The summed E-state index contributed by atoms with van der Waals surface area (Å²) in [5.74, 6) is 0. The largest absolute Gasteiger partial charge is 0.384 e. The van der Waals surface area contributed by atoms with E-state index in [-0.39, 0.29) is 0 Å². The molecule has 2 aromatic rings. The Hall–Kier alpha value is -1.13. The molecule has 1 aliphatic heterocycles. The van der Waals surface area contributed by atoms with Crippen molar-refractivity contribution in [1.29, 1.82) is 0 Å². The molecule has 1 aromatic heterocycles. The van der Waals surface area contributed by atoms with Crippen LogP contribution in [0.2, 0.25) is 0 Å². The van der Waals surface area contributed by atoms with Gasteiger partial charge in [-0.2, -0.15) is 0 Å². The van der Waals surface area contributed by atoms with Crippen LogP contribution in [0.25, 0.3) is 10.9 Å². The molecule has 2 heterocycles. The van der Waals surface area contributed by atoms with Crippen LogP contribution in [0.15, 0.2) is 16.6 Å². The van der Waals surface area contributed by atoms with Crippen LogP contribution < -0.4 is 5.32 Å². The van der Waals surface area contributed by atoms with E-state index in [0.29, 0.717) is 6.61 Å². The van der Waals surface area contributed by atoms with E-state index in [0.717, 1.165) is 36.0 Å². The quantitative estimate of drug-likeness (QED) is 0.913. The summed E-state index contributed by atoms with van der Waals surface area (Å²) >= 11 is 3.69. The second-order valence-corrected chi connectivity index (χ2v) is 6.03. The molecule has 0 bridgehead atoms. The topological polar surface area (TPSA) is 34.2 Å². The number of halogens is 1. The lowest BCUT2D eigenvalue weighted by atomic mass is 10.0. The van der Waals surface area contributed by atoms with Crippen molar-refractivity contribution in [3.63, 3.8) is 0 Å². The Morgan fingerprint density at radius 1 is 1.40 bits per heavy atom. The van der Waals surface area contributed by atoms with E-state index in [1.54, 1.807) is 0 Å². The Morgan fingerprint density at radius 3 is 3.05 bits per heavy atom. The first kappa shape index (κ1) is 13.8. The number of ether oxygens (including phenoxy) is 1. The van der Waals surface area contributed by atoms with Crippen molar-refractivity contribution in [2.75, 3.05) is 18.5 Å². The van der Waals surface area contributed by atoms with Gasteiger partial charge in [0.25, 0.3) is 0 Å². The van der Waals surface area contributed by atoms with E-state index in [1.165, 1.54) is 27.9 Å². The highest BCUT2D eigenvalue weighted by molar-refractivity contribution is 9.10. The Balaban J connectivity index is 2.27. The lowest BCUT2D eigenvalue weighted by Gasteiger charge is -2.22. The molecule has 0 saturated carbocycles. The molecule has 0 saturated heterocycles. The van der Waals surface area contributed by atoms with E-state index in [9.17, 15) is 0 Å². The van der Waals surface area contributed by atoms with Gasteiger partial charge in [-0.15, -0.1) is 0 Å². The van der Waals surface area contributed by atoms with Gasteiger partial charge in [-0.05, 0) is 34.8 Å². The Bertz CT molecular complexity index is 655. The SMILES string of the molecule is CCCNc1c2c(nc3c(Br)c(C)ccc13)CCOC2. The summed E-state index contributed by atoms with van der Waals surface area (Å²) in [6.45, 7) is 6.68. The zero-order valence-electron chi connectivity index (χ0n) is 11.9. The van der Waals surface area contributed by atoms with Gasteiger partial charge in [0.1, 0.15) is 0 Å². The molecule has 3 rings (SSSR count). The van der Waals surface area contributed by atoms with Gasteiger partial charge < -0.3 is 10.1 Å². The van der Waals surface area contributed by atoms with E-state index in [2.05, 4.69) is 47.2 Å². The van der Waals surface area contributed by atoms with Crippen LogP contribution in [0.1, 0.15) is 30.2 Å². The van der Waals surface area contributed by atoms with Crippen LogP contribution in [-0.2, 0) is 17.8 Å². The normalized spacial score (nSPS) is 14.3. The molecule has 1 aliphatic rings. The van der Waals surface area contributed by atoms with Gasteiger partial charge in [-0.1, -0.05) is 19.1 Å². The monoisotopic (exact) mass is 334 g/mol. The summed E-state index contributed by atoms with van der Waals surface area (Å²) in [7, 11) is 0. The predicted octanol–water partition coefficient (Wildman–Crippen LogP) is 4.20. The lowest BCUT2D eigenvalue weighted by molar-refractivity contribution is 0.110. The lowest BCUT2D eigenvalue weighted by Crippen LogP contribution is -2.16. The van der Waals surface area contributed by atoms with Crippen molar-refractivity contribution in [3.8, 4) is 0 Å². The maximum absolute atomic E-state index is 5.63. The maximum atomic E-state index is 5.63. The first-order chi connectivity index (χ1) is 9.72. The maximum Gasteiger partial charge on any atom is 0.0870 e. The molecule has 0 radical (unpaired) electrons. The molecular weight excluding hydrogens is 316 g/mol. The zero-order valence-corrected chi connectivity index (χ0v) is 13.5. The van der Waals surface area contributed by atoms with Crippen LogP contribution in [0.4, 0.5) is 5.69 Å². The number of anilines is 1. The number of nitrogens with one attached hydrogen (secondary N) is 1. The third-order valence-electron chi connectivity index (χ3n) is 3.76. The summed E-state index contributed by atoms with van der Waals surface area (Å²) in [5, 5.41) is 4.75. The number of benzene rings is 1. The molecule has 1 aromatic carbocycles. The molecule has 0 aliphatic carbocycles. The minimum Gasteiger partial charge on any atom is -0.384 e. The van der Waals surface area contributed by atoms with Gasteiger partial charge in [0, 0.05) is 28.4 Å². The highest BCUT2D eigenvalue weighted by Gasteiger charge is 2.19. The van der Waals surface area contributed by atoms with E-state index >= 15 is 0 Å². The van der Waals surface area contributed by atoms with Crippen molar-refractivity contribution < 1.29 is 4.74 Å². The summed E-state index contributed by atoms with van der Waals surface area (Å²) < 4.78 is 6.73. The second-order valence-electron chi connectivity index (χ2n) is 5.23. The number of aryl methyl sites for hydroxylation is 1. The average molecular weight is 335 g/mol. The molecule has 0 amide bonds. The van der Waals surface area contributed by atoms with Gasteiger partial charge in [0.15, 0.2) is 0 Å². The molecular formula is C16H19BrN2O. The summed E-state index contributed by atoms with van der Waals surface area (Å²) in [6.07, 6.45) is 2.00. The fraction of sp³-hybridized carbons (Fsp3) is 0.438. The van der Waals surface area contributed by atoms with Gasteiger partial charge in [-0.25, -0.2) is 0 Å². The van der Waals surface area contributed by atoms with Crippen molar-refractivity contribution in [3.05, 3.63) is 33.4 Å². The molecule has 0 unspecified atom stereocenters. The molecule has 4 heteroatoms. The Kier molecular flexibility index (Phi) is 3.94. The van der Waals surface area contributed by atoms with E-state index < -0.39 is 0 Å². The minimum absolute atomic E-state index is 0.663. The molecule has 3 nitrogen and oxygen atoms in total. The molecule has 106 valence electrons. The summed E-state index contributed by atoms with van der Waals surface area (Å²) in [5.41, 5.74) is 5.89. The van der Waals surface area contributed by atoms with Crippen LogP contribution in [-0.4, -0.2) is 18.1 Å². The van der Waals surface area contributed by atoms with Crippen LogP contribution in [0, 0.1) is 6.92 Å². The van der Waals surface area contributed by atoms with Gasteiger partial charge in [0.2, 0.25) is 0 Å². The summed E-state index contributed by atoms with van der Waals surface area (Å²) in [4.78, 5) is 4.88. The number of hydrogen-bond acceptors (Lipinski definition) is 3. The van der Waals surface area contributed by atoms with Crippen molar-refractivity contribution in [2.24, 2.45) is 0 Å². The van der Waals surface area contributed by atoms with E-state index in [1.807, 2.05) is 0 Å². The molecule has 20 heavy (non-hydrogen) atoms. The van der Waals surface area contributed by atoms with Crippen molar-refractivity contribution in [2.45, 2.75) is 33.3 Å². The molecule has 0 spiro atoms. The number of pyridine rings is 1. The van der Waals surface area contributed by atoms with Crippen molar-refractivity contribution in [1.82, 2.24) is 4.98 Å². The second kappa shape index (κ2) is 5.70.